The van der Waals surface area contributed by atoms with Crippen molar-refractivity contribution in [1.82, 2.24) is 9.78 Å². The number of aryl methyl sites for hydroxylation is 1. The van der Waals surface area contributed by atoms with Crippen LogP contribution < -0.4 is 10.5 Å². The van der Waals surface area contributed by atoms with Gasteiger partial charge in [-0.2, -0.15) is 26.3 Å². The smallest absolute Gasteiger partial charge is 0.295 e. The summed E-state index contributed by atoms with van der Waals surface area (Å²) in [6, 6.07) is 11.0. The summed E-state index contributed by atoms with van der Waals surface area (Å²) in [6.45, 7) is 4.41. The largest absolute Gasteiger partial charge is 0.416 e. The summed E-state index contributed by atoms with van der Waals surface area (Å²) in [6.07, 6.45) is -10.9. The number of alkyl halides is 6. The Morgan fingerprint density at radius 1 is 0.850 bits per heavy atom. The van der Waals surface area contributed by atoms with Crippen molar-refractivity contribution in [2.75, 3.05) is 4.90 Å². The number of aromatic amines is 1. The number of aromatic nitrogens is 2. The average Bonchev–Trinajstić information content (AvgIpc) is 3.28. The van der Waals surface area contributed by atoms with Crippen LogP contribution in [0.25, 0.3) is 5.69 Å². The van der Waals surface area contributed by atoms with Gasteiger partial charge in [0.15, 0.2) is 5.78 Å². The zero-order chi connectivity index (χ0) is 29.4. The van der Waals surface area contributed by atoms with Crippen molar-refractivity contribution < 1.29 is 35.9 Å². The van der Waals surface area contributed by atoms with E-state index in [1.807, 2.05) is 0 Å². The second kappa shape index (κ2) is 8.70. The van der Waals surface area contributed by atoms with Gasteiger partial charge in [0.05, 0.1) is 16.8 Å². The van der Waals surface area contributed by atoms with Crippen LogP contribution in [0.15, 0.2) is 70.7 Å². The second-order valence-electron chi connectivity index (χ2n) is 10.8. The standard InChI is InChI=1S/C28H23F6N3O3/c1-15-21(23(39)37(35-15)17-9-5-4-6-10-17)26(28(32,33)34)22-19(13-25(2,3)14-20(22)38)36(24(26)40)18-11-7-8-16(12-18)27(29,30)31/h4-12,35H,13-14H2,1-3H3. The molecule has 1 aliphatic heterocycles. The predicted octanol–water partition coefficient (Wildman–Crippen LogP) is 5.98. The summed E-state index contributed by atoms with van der Waals surface area (Å²) in [4.78, 5) is 41.9. The fourth-order valence-electron chi connectivity index (χ4n) is 5.78. The molecule has 1 unspecified atom stereocenters. The number of carbonyl (C=O) groups excluding carboxylic acids is 2. The Labute approximate surface area is 223 Å². The van der Waals surface area contributed by atoms with E-state index >= 15 is 13.2 Å². The van der Waals surface area contributed by atoms with Gasteiger partial charge in [0, 0.05) is 29.1 Å². The molecule has 3 aromatic rings. The van der Waals surface area contributed by atoms with Gasteiger partial charge in [-0.3, -0.25) is 24.4 Å². The van der Waals surface area contributed by atoms with E-state index in [1.165, 1.54) is 19.1 Å². The van der Waals surface area contributed by atoms with Crippen LogP contribution in [-0.4, -0.2) is 27.6 Å². The number of hydrogen-bond acceptors (Lipinski definition) is 3. The number of carbonyl (C=O) groups is 2. The Bertz CT molecular complexity index is 1630. The predicted molar refractivity (Wildman–Crippen MR) is 133 cm³/mol. The van der Waals surface area contributed by atoms with Gasteiger partial charge in [0.1, 0.15) is 0 Å². The number of ketones is 1. The molecule has 1 aliphatic carbocycles. The monoisotopic (exact) mass is 563 g/mol. The van der Waals surface area contributed by atoms with E-state index < -0.39 is 62.8 Å². The number of Topliss-reactive ketones (excluding diaryl/α,β-unsaturated/α-hetero) is 1. The third-order valence-corrected chi connectivity index (χ3v) is 7.34. The van der Waals surface area contributed by atoms with Crippen molar-refractivity contribution in [3.8, 4) is 5.69 Å². The second-order valence-corrected chi connectivity index (χ2v) is 10.8. The normalized spacial score (nSPS) is 21.3. The third-order valence-electron chi connectivity index (χ3n) is 7.34. The van der Waals surface area contributed by atoms with Crippen LogP contribution in [0.2, 0.25) is 0 Å². The molecule has 1 N–H and O–H groups in total. The zero-order valence-corrected chi connectivity index (χ0v) is 21.5. The number of para-hydroxylation sites is 1. The molecule has 1 atom stereocenters. The molecule has 2 aliphatic rings. The number of H-pyrrole nitrogens is 1. The van der Waals surface area contributed by atoms with Gasteiger partial charge in [-0.25, -0.2) is 4.68 Å². The molecule has 40 heavy (non-hydrogen) atoms. The first-order chi connectivity index (χ1) is 18.5. The minimum absolute atomic E-state index is 0.185. The molecule has 1 amide bonds. The molecule has 5 rings (SSSR count). The molecular weight excluding hydrogens is 540 g/mol. The number of nitrogens with one attached hydrogen (secondary N) is 1. The summed E-state index contributed by atoms with van der Waals surface area (Å²) in [5.41, 5.74) is -9.93. The van der Waals surface area contributed by atoms with Crippen molar-refractivity contribution in [2.45, 2.75) is 51.4 Å². The fourth-order valence-corrected chi connectivity index (χ4v) is 5.78. The van der Waals surface area contributed by atoms with Gasteiger partial charge in [0.25, 0.3) is 11.5 Å². The van der Waals surface area contributed by atoms with Crippen LogP contribution >= 0.6 is 0 Å². The number of amides is 1. The lowest BCUT2D eigenvalue weighted by Gasteiger charge is -2.35. The van der Waals surface area contributed by atoms with Crippen LogP contribution in [-0.2, 0) is 21.2 Å². The van der Waals surface area contributed by atoms with Gasteiger partial charge in [0.2, 0.25) is 5.41 Å². The Morgan fingerprint density at radius 2 is 1.48 bits per heavy atom. The van der Waals surface area contributed by atoms with Crippen molar-refractivity contribution in [3.63, 3.8) is 0 Å². The number of halogens is 6. The maximum absolute atomic E-state index is 15.4. The maximum atomic E-state index is 15.4. The van der Waals surface area contributed by atoms with Gasteiger partial charge < -0.3 is 0 Å². The first-order valence-corrected chi connectivity index (χ1v) is 12.2. The first-order valence-electron chi connectivity index (χ1n) is 12.2. The molecule has 2 heterocycles. The van der Waals surface area contributed by atoms with Crippen LogP contribution in [0.5, 0.6) is 0 Å². The number of benzene rings is 2. The van der Waals surface area contributed by atoms with E-state index in [1.54, 1.807) is 32.0 Å². The molecule has 210 valence electrons. The summed E-state index contributed by atoms with van der Waals surface area (Å²) in [5, 5.41) is 2.58. The number of hydrogen-bond donors (Lipinski definition) is 1. The van der Waals surface area contributed by atoms with E-state index in [4.69, 9.17) is 0 Å². The van der Waals surface area contributed by atoms with Gasteiger partial charge in [-0.05, 0) is 49.1 Å². The highest BCUT2D eigenvalue weighted by atomic mass is 19.4. The fraction of sp³-hybridized carbons (Fsp3) is 0.321. The summed E-state index contributed by atoms with van der Waals surface area (Å²) in [7, 11) is 0. The minimum atomic E-state index is -5.50. The van der Waals surface area contributed by atoms with Crippen molar-refractivity contribution >= 4 is 17.4 Å². The van der Waals surface area contributed by atoms with Crippen molar-refractivity contribution in [1.29, 1.82) is 0 Å². The molecule has 0 spiro atoms. The number of nitrogens with zero attached hydrogens (tertiary/aromatic N) is 2. The lowest BCUT2D eigenvalue weighted by molar-refractivity contribution is -0.184. The Kier molecular flexibility index (Phi) is 5.98. The van der Waals surface area contributed by atoms with Crippen LogP contribution in [0.4, 0.5) is 32.0 Å². The first kappa shape index (κ1) is 27.5. The molecule has 12 heteroatoms. The molecule has 0 saturated heterocycles. The van der Waals surface area contributed by atoms with E-state index in [0.717, 1.165) is 22.9 Å². The SMILES string of the molecule is Cc1[nH]n(-c2ccccc2)c(=O)c1C1(C(F)(F)F)C(=O)N(c2cccc(C(F)(F)F)c2)C2=C1C(=O)CC(C)(C)C2. The van der Waals surface area contributed by atoms with Crippen molar-refractivity contribution in [3.05, 3.63) is 93.0 Å². The van der Waals surface area contributed by atoms with E-state index in [0.29, 0.717) is 11.0 Å². The van der Waals surface area contributed by atoms with E-state index in [2.05, 4.69) is 5.10 Å². The van der Waals surface area contributed by atoms with Gasteiger partial charge >= 0.3 is 12.4 Å². The minimum Gasteiger partial charge on any atom is -0.295 e. The lowest BCUT2D eigenvalue weighted by atomic mass is 9.66. The summed E-state index contributed by atoms with van der Waals surface area (Å²) in [5.74, 6) is -2.73. The Morgan fingerprint density at radius 3 is 2.08 bits per heavy atom. The highest BCUT2D eigenvalue weighted by Gasteiger charge is 2.73. The van der Waals surface area contributed by atoms with Crippen LogP contribution in [0.3, 0.4) is 0 Å². The lowest BCUT2D eigenvalue weighted by Crippen LogP contribution is -2.55. The molecule has 0 fully saturated rings. The molecule has 1 aromatic heterocycles. The Balaban J connectivity index is 1.87. The molecule has 0 saturated carbocycles. The topological polar surface area (TPSA) is 75.2 Å². The average molecular weight is 563 g/mol. The third kappa shape index (κ3) is 3.91. The number of allylic oxidation sites excluding steroid dienone is 1. The van der Waals surface area contributed by atoms with E-state index in [-0.39, 0.29) is 29.9 Å². The van der Waals surface area contributed by atoms with Gasteiger partial charge in [-0.1, -0.05) is 38.1 Å². The van der Waals surface area contributed by atoms with Crippen LogP contribution in [0, 0.1) is 12.3 Å². The number of anilines is 1. The number of rotatable bonds is 3. The highest BCUT2D eigenvalue weighted by molar-refractivity contribution is 6.20. The quantitative estimate of drug-likeness (QED) is 0.399. The van der Waals surface area contributed by atoms with Crippen molar-refractivity contribution in [2.24, 2.45) is 5.41 Å². The molecule has 0 bridgehead atoms. The molecule has 6 nitrogen and oxygen atoms in total. The maximum Gasteiger partial charge on any atom is 0.416 e. The molecule has 0 radical (unpaired) electrons. The highest BCUT2D eigenvalue weighted by Crippen LogP contribution is 2.58. The Hall–Kier alpha value is -4.09. The summed E-state index contributed by atoms with van der Waals surface area (Å²) < 4.78 is 87.8. The zero-order valence-electron chi connectivity index (χ0n) is 21.5. The molecular formula is C28H23F6N3O3. The van der Waals surface area contributed by atoms with Gasteiger partial charge in [-0.15, -0.1) is 0 Å². The molecule has 2 aromatic carbocycles. The summed E-state index contributed by atoms with van der Waals surface area (Å²) >= 11 is 0. The van der Waals surface area contributed by atoms with Crippen LogP contribution in [0.1, 0.15) is 43.5 Å². The van der Waals surface area contributed by atoms with E-state index in [9.17, 15) is 27.6 Å².